The molecular weight excluding hydrogens is 162 g/mol. The van der Waals surface area contributed by atoms with E-state index in [1.54, 1.807) is 0 Å². The number of rotatable bonds is 3. The third-order valence-corrected chi connectivity index (χ3v) is 3.58. The van der Waals surface area contributed by atoms with Crippen LogP contribution in [0.2, 0.25) is 19.6 Å². The van der Waals surface area contributed by atoms with E-state index in [1.807, 2.05) is 7.05 Å². The second kappa shape index (κ2) is 4.04. The van der Waals surface area contributed by atoms with E-state index in [0.717, 1.165) is 0 Å². The molecule has 1 nitrogen and oxygen atoms in total. The summed E-state index contributed by atoms with van der Waals surface area (Å²) in [6.45, 7) is 6.88. The number of halogens is 1. The monoisotopic (exact) mass is 177 g/mol. The fourth-order valence-electron chi connectivity index (χ4n) is 0.860. The van der Waals surface area contributed by atoms with E-state index in [4.69, 9.17) is 11.6 Å². The Kier molecular flexibility index (Phi) is 4.06. The average molecular weight is 178 g/mol. The van der Waals surface area contributed by atoms with E-state index in [9.17, 15) is 0 Å². The van der Waals surface area contributed by atoms with Crippen LogP contribution < -0.4 is 5.32 Å². The molecule has 0 saturated carbocycles. The van der Waals surface area contributed by atoms with Crippen LogP contribution in [0.25, 0.3) is 0 Å². The standard InChI is InChI=1S/C7H16ClNSi/c1-9-7(5-6-8)10(2,3)4/h5,9H,6H2,1-4H3/b7-5-. The van der Waals surface area contributed by atoms with Gasteiger partial charge in [0.15, 0.2) is 0 Å². The lowest BCUT2D eigenvalue weighted by Crippen LogP contribution is -2.32. The Bertz CT molecular complexity index is 126. The lowest BCUT2D eigenvalue weighted by Gasteiger charge is -2.20. The van der Waals surface area contributed by atoms with Crippen LogP contribution in [0.5, 0.6) is 0 Å². The van der Waals surface area contributed by atoms with Crippen LogP contribution in [0.4, 0.5) is 0 Å². The predicted molar refractivity (Wildman–Crippen MR) is 51.2 cm³/mol. The molecule has 0 aromatic rings. The summed E-state index contributed by atoms with van der Waals surface area (Å²) in [5.41, 5.74) is 0. The van der Waals surface area contributed by atoms with Gasteiger partial charge in [-0.1, -0.05) is 25.7 Å². The number of hydrogen-bond donors (Lipinski definition) is 1. The summed E-state index contributed by atoms with van der Waals surface area (Å²) < 4.78 is 0. The Morgan fingerprint density at radius 2 is 2.00 bits per heavy atom. The Hall–Kier alpha value is 0.0469. The van der Waals surface area contributed by atoms with Crippen LogP contribution in [-0.2, 0) is 0 Å². The maximum absolute atomic E-state index is 5.59. The van der Waals surface area contributed by atoms with Gasteiger partial charge in [-0.3, -0.25) is 0 Å². The first-order chi connectivity index (χ1) is 4.52. The highest BCUT2D eigenvalue weighted by Gasteiger charge is 2.17. The first-order valence-electron chi connectivity index (χ1n) is 3.46. The fourth-order valence-corrected chi connectivity index (χ4v) is 2.61. The third kappa shape index (κ3) is 3.27. The molecule has 0 saturated heterocycles. The van der Waals surface area contributed by atoms with Gasteiger partial charge in [-0.05, 0) is 5.32 Å². The molecule has 1 N–H and O–H groups in total. The van der Waals surface area contributed by atoms with Gasteiger partial charge in [0.05, 0.1) is 8.07 Å². The maximum Gasteiger partial charge on any atom is 0.0973 e. The number of nitrogens with one attached hydrogen (secondary N) is 1. The second-order valence-corrected chi connectivity index (χ2v) is 8.62. The predicted octanol–water partition coefficient (Wildman–Crippen LogP) is 2.21. The highest BCUT2D eigenvalue weighted by Crippen LogP contribution is 2.10. The fraction of sp³-hybridized carbons (Fsp3) is 0.714. The molecule has 0 radical (unpaired) electrons. The maximum atomic E-state index is 5.59. The molecule has 0 aliphatic carbocycles. The summed E-state index contributed by atoms with van der Waals surface area (Å²) in [6, 6.07) is 0. The van der Waals surface area contributed by atoms with Crippen molar-refractivity contribution in [3.8, 4) is 0 Å². The normalized spacial score (nSPS) is 13.5. The molecular formula is C7H16ClNSi. The van der Waals surface area contributed by atoms with Gasteiger partial charge >= 0.3 is 0 Å². The number of hydrogen-bond acceptors (Lipinski definition) is 1. The molecule has 0 bridgehead atoms. The number of allylic oxidation sites excluding steroid dienone is 1. The van der Waals surface area contributed by atoms with Crippen LogP contribution in [0.15, 0.2) is 11.4 Å². The molecule has 0 aliphatic heterocycles. The van der Waals surface area contributed by atoms with Crippen molar-refractivity contribution in [1.29, 1.82) is 0 Å². The minimum Gasteiger partial charge on any atom is -0.395 e. The van der Waals surface area contributed by atoms with Gasteiger partial charge in [-0.25, -0.2) is 0 Å². The van der Waals surface area contributed by atoms with Crippen molar-refractivity contribution >= 4 is 19.7 Å². The largest absolute Gasteiger partial charge is 0.395 e. The summed E-state index contributed by atoms with van der Waals surface area (Å²) in [5.74, 6) is 0.612. The van der Waals surface area contributed by atoms with Crippen molar-refractivity contribution in [2.75, 3.05) is 12.9 Å². The van der Waals surface area contributed by atoms with Gasteiger partial charge < -0.3 is 5.32 Å². The molecule has 0 aromatic heterocycles. The second-order valence-electron chi connectivity index (χ2n) is 3.27. The average Bonchev–Trinajstić information content (AvgIpc) is 1.80. The summed E-state index contributed by atoms with van der Waals surface area (Å²) in [6.07, 6.45) is 2.06. The smallest absolute Gasteiger partial charge is 0.0973 e. The van der Waals surface area contributed by atoms with Gasteiger partial charge in [0.25, 0.3) is 0 Å². The van der Waals surface area contributed by atoms with Crippen molar-refractivity contribution in [3.05, 3.63) is 11.4 Å². The third-order valence-electron chi connectivity index (χ3n) is 1.36. The molecule has 60 valence electrons. The van der Waals surface area contributed by atoms with Gasteiger partial charge in [0.2, 0.25) is 0 Å². The van der Waals surface area contributed by atoms with E-state index in [0.29, 0.717) is 5.88 Å². The van der Waals surface area contributed by atoms with E-state index >= 15 is 0 Å². The molecule has 0 aromatic carbocycles. The van der Waals surface area contributed by atoms with Crippen LogP contribution in [0.3, 0.4) is 0 Å². The van der Waals surface area contributed by atoms with Crippen LogP contribution in [-0.4, -0.2) is 21.0 Å². The molecule has 3 heteroatoms. The summed E-state index contributed by atoms with van der Waals surface area (Å²) in [4.78, 5) is 0. The topological polar surface area (TPSA) is 12.0 Å². The zero-order chi connectivity index (χ0) is 8.20. The number of alkyl halides is 1. The molecule has 0 spiro atoms. The van der Waals surface area contributed by atoms with E-state index in [2.05, 4.69) is 31.0 Å². The van der Waals surface area contributed by atoms with Crippen LogP contribution in [0, 0.1) is 0 Å². The molecule has 0 amide bonds. The zero-order valence-electron chi connectivity index (χ0n) is 7.16. The van der Waals surface area contributed by atoms with Crippen LogP contribution >= 0.6 is 11.6 Å². The van der Waals surface area contributed by atoms with Crippen molar-refractivity contribution in [2.24, 2.45) is 0 Å². The van der Waals surface area contributed by atoms with Crippen molar-refractivity contribution in [2.45, 2.75) is 19.6 Å². The highest BCUT2D eigenvalue weighted by molar-refractivity contribution is 6.82. The van der Waals surface area contributed by atoms with E-state index < -0.39 is 8.07 Å². The minimum atomic E-state index is -1.14. The van der Waals surface area contributed by atoms with Gasteiger partial charge in [0.1, 0.15) is 0 Å². The molecule has 0 fully saturated rings. The van der Waals surface area contributed by atoms with Gasteiger partial charge in [-0.2, -0.15) is 0 Å². The quantitative estimate of drug-likeness (QED) is 0.515. The summed E-state index contributed by atoms with van der Waals surface area (Å²) in [5, 5.41) is 4.52. The van der Waals surface area contributed by atoms with E-state index in [-0.39, 0.29) is 0 Å². The van der Waals surface area contributed by atoms with E-state index in [1.165, 1.54) is 5.32 Å². The molecule has 0 atom stereocenters. The first kappa shape index (κ1) is 10.0. The van der Waals surface area contributed by atoms with Gasteiger partial charge in [-0.15, -0.1) is 11.6 Å². The Balaban J connectivity index is 4.21. The Morgan fingerprint density at radius 1 is 1.50 bits per heavy atom. The van der Waals surface area contributed by atoms with Crippen molar-refractivity contribution in [1.82, 2.24) is 5.32 Å². The Labute approximate surface area is 69.5 Å². The molecule has 10 heavy (non-hydrogen) atoms. The SMILES string of the molecule is CN/C(=C/CCl)[Si](C)(C)C. The zero-order valence-corrected chi connectivity index (χ0v) is 8.92. The summed E-state index contributed by atoms with van der Waals surface area (Å²) in [7, 11) is 0.813. The molecule has 0 unspecified atom stereocenters. The summed E-state index contributed by atoms with van der Waals surface area (Å²) >= 11 is 5.59. The van der Waals surface area contributed by atoms with Crippen molar-refractivity contribution in [3.63, 3.8) is 0 Å². The first-order valence-corrected chi connectivity index (χ1v) is 7.50. The van der Waals surface area contributed by atoms with Crippen molar-refractivity contribution < 1.29 is 0 Å². The molecule has 0 aliphatic rings. The van der Waals surface area contributed by atoms with Gasteiger partial charge in [0, 0.05) is 12.9 Å². The van der Waals surface area contributed by atoms with Crippen LogP contribution in [0.1, 0.15) is 0 Å². The Morgan fingerprint density at radius 3 is 2.10 bits per heavy atom. The minimum absolute atomic E-state index is 0.612. The highest BCUT2D eigenvalue weighted by atomic mass is 35.5. The molecule has 0 rings (SSSR count). The lowest BCUT2D eigenvalue weighted by molar-refractivity contribution is 1.05. The molecule has 0 heterocycles. The lowest BCUT2D eigenvalue weighted by atomic mass is 10.7.